The van der Waals surface area contributed by atoms with Gasteiger partial charge in [-0.15, -0.1) is 11.8 Å². The molecule has 0 aromatic heterocycles. The summed E-state index contributed by atoms with van der Waals surface area (Å²) < 4.78 is 13.3. The van der Waals surface area contributed by atoms with Gasteiger partial charge in [0.1, 0.15) is 11.5 Å². The average Bonchev–Trinajstić information content (AvgIpc) is 2.95. The Morgan fingerprint density at radius 2 is 1.52 bits per heavy atom. The van der Waals surface area contributed by atoms with Gasteiger partial charge in [-0.2, -0.15) is 0 Å². The van der Waals surface area contributed by atoms with E-state index in [2.05, 4.69) is 16.0 Å². The van der Waals surface area contributed by atoms with Crippen LogP contribution in [0.1, 0.15) is 15.9 Å². The molecule has 4 aromatic carbocycles. The summed E-state index contributed by atoms with van der Waals surface area (Å²) in [6.45, 7) is 0. The molecule has 3 N–H and O–H groups in total. The first-order chi connectivity index (χ1) is 19.3. The Morgan fingerprint density at radius 3 is 2.25 bits per heavy atom. The van der Waals surface area contributed by atoms with Crippen molar-refractivity contribution >= 4 is 70.1 Å². The molecule has 10 heteroatoms. The van der Waals surface area contributed by atoms with E-state index in [-0.39, 0.29) is 22.4 Å². The molecule has 4 rings (SSSR count). The lowest BCUT2D eigenvalue weighted by Gasteiger charge is -2.12. The second-order valence-electron chi connectivity index (χ2n) is 8.38. The predicted molar refractivity (Wildman–Crippen MR) is 159 cm³/mol. The highest BCUT2D eigenvalue weighted by molar-refractivity contribution is 8.00. The van der Waals surface area contributed by atoms with Crippen molar-refractivity contribution in [3.63, 3.8) is 0 Å². The molecule has 3 amide bonds. The van der Waals surface area contributed by atoms with Gasteiger partial charge < -0.3 is 16.0 Å². The van der Waals surface area contributed by atoms with E-state index in [0.717, 1.165) is 4.90 Å². The van der Waals surface area contributed by atoms with Gasteiger partial charge in [0.25, 0.3) is 11.8 Å². The largest absolute Gasteiger partial charge is 0.325 e. The van der Waals surface area contributed by atoms with Gasteiger partial charge in [-0.3, -0.25) is 14.4 Å². The first kappa shape index (κ1) is 28.9. The van der Waals surface area contributed by atoms with Crippen LogP contribution in [-0.4, -0.2) is 23.5 Å². The molecular weight excluding hydrogens is 572 g/mol. The molecule has 0 bridgehead atoms. The predicted octanol–water partition coefficient (Wildman–Crippen LogP) is 7.27. The van der Waals surface area contributed by atoms with Crippen molar-refractivity contribution in [2.75, 3.05) is 16.4 Å². The topological polar surface area (TPSA) is 87.3 Å². The Kier molecular flexibility index (Phi) is 9.96. The minimum absolute atomic E-state index is 0.0339. The minimum Gasteiger partial charge on any atom is -0.325 e. The molecule has 0 heterocycles. The Morgan fingerprint density at radius 1 is 0.800 bits per heavy atom. The monoisotopic (exact) mass is 593 g/mol. The van der Waals surface area contributed by atoms with Crippen LogP contribution in [0.2, 0.25) is 10.0 Å². The minimum atomic E-state index is -0.571. The van der Waals surface area contributed by atoms with E-state index in [9.17, 15) is 18.8 Å². The molecule has 0 radical (unpaired) electrons. The van der Waals surface area contributed by atoms with Gasteiger partial charge >= 0.3 is 0 Å². The smallest absolute Gasteiger partial charge is 0.272 e. The van der Waals surface area contributed by atoms with Crippen LogP contribution in [0.4, 0.5) is 15.8 Å². The lowest BCUT2D eigenvalue weighted by Crippen LogP contribution is -2.30. The normalized spacial score (nSPS) is 11.0. The Labute approximate surface area is 244 Å². The number of thioether (sulfide) groups is 1. The number of hydrogen-bond acceptors (Lipinski definition) is 4. The van der Waals surface area contributed by atoms with Crippen LogP contribution in [0, 0.1) is 5.82 Å². The molecule has 0 saturated carbocycles. The number of benzene rings is 4. The molecule has 0 aliphatic rings. The molecular formula is C30H22Cl2FN3O3S. The van der Waals surface area contributed by atoms with Crippen LogP contribution in [0.15, 0.2) is 108 Å². The van der Waals surface area contributed by atoms with Gasteiger partial charge in [0, 0.05) is 26.9 Å². The van der Waals surface area contributed by atoms with Gasteiger partial charge in [-0.25, -0.2) is 4.39 Å². The molecule has 0 spiro atoms. The van der Waals surface area contributed by atoms with Gasteiger partial charge in [-0.05, 0) is 72.3 Å². The third-order valence-electron chi connectivity index (χ3n) is 5.38. The van der Waals surface area contributed by atoms with E-state index in [0.29, 0.717) is 27.5 Å². The molecule has 0 unspecified atom stereocenters. The number of carbonyl (C=O) groups excluding carboxylic acids is 3. The van der Waals surface area contributed by atoms with Crippen molar-refractivity contribution in [3.05, 3.63) is 130 Å². The zero-order chi connectivity index (χ0) is 28.5. The summed E-state index contributed by atoms with van der Waals surface area (Å²) in [6, 6.07) is 26.2. The number of halogens is 3. The summed E-state index contributed by atoms with van der Waals surface area (Å²) in [5, 5.41) is 8.61. The zero-order valence-corrected chi connectivity index (χ0v) is 23.1. The van der Waals surface area contributed by atoms with Crippen molar-refractivity contribution in [2.24, 2.45) is 0 Å². The van der Waals surface area contributed by atoms with E-state index in [4.69, 9.17) is 23.2 Å². The summed E-state index contributed by atoms with van der Waals surface area (Å²) in [5.74, 6) is -1.78. The third kappa shape index (κ3) is 8.44. The lowest BCUT2D eigenvalue weighted by molar-refractivity contribution is -0.114. The van der Waals surface area contributed by atoms with Crippen molar-refractivity contribution in [2.45, 2.75) is 4.90 Å². The standard InChI is InChI=1S/C30H22Cl2FN3O3S/c31-21-11-9-19(10-12-21)15-27(36-29(38)20-5-2-1-3-6-20)30(39)35-22-7-4-8-24(16-22)40-18-28(37)34-23-13-14-26(33)25(32)17-23/h1-17H,18H2,(H,34,37)(H,35,39)(H,36,38)/b27-15-. The average molecular weight is 594 g/mol. The molecule has 6 nitrogen and oxygen atoms in total. The van der Waals surface area contributed by atoms with E-state index in [1.165, 1.54) is 30.0 Å². The van der Waals surface area contributed by atoms with Crippen LogP contribution < -0.4 is 16.0 Å². The van der Waals surface area contributed by atoms with Crippen molar-refractivity contribution in [1.82, 2.24) is 5.32 Å². The van der Waals surface area contributed by atoms with Crippen LogP contribution in [-0.2, 0) is 9.59 Å². The van der Waals surface area contributed by atoms with Crippen LogP contribution in [0.5, 0.6) is 0 Å². The number of carbonyl (C=O) groups is 3. The molecule has 4 aromatic rings. The molecule has 0 atom stereocenters. The first-order valence-electron chi connectivity index (χ1n) is 11.9. The fraction of sp³-hybridized carbons (Fsp3) is 0.0333. The second-order valence-corrected chi connectivity index (χ2v) is 10.3. The van der Waals surface area contributed by atoms with Crippen molar-refractivity contribution < 1.29 is 18.8 Å². The summed E-state index contributed by atoms with van der Waals surface area (Å²) in [4.78, 5) is 39.1. The third-order valence-corrected chi connectivity index (χ3v) is 6.91. The summed E-state index contributed by atoms with van der Waals surface area (Å²) in [6.07, 6.45) is 1.55. The fourth-order valence-electron chi connectivity index (χ4n) is 3.45. The maximum absolute atomic E-state index is 13.3. The van der Waals surface area contributed by atoms with E-state index in [1.54, 1.807) is 84.9 Å². The van der Waals surface area contributed by atoms with Crippen molar-refractivity contribution in [3.8, 4) is 0 Å². The summed E-state index contributed by atoms with van der Waals surface area (Å²) in [5.41, 5.74) is 1.95. The zero-order valence-electron chi connectivity index (χ0n) is 20.8. The van der Waals surface area contributed by atoms with Gasteiger partial charge in [0.2, 0.25) is 5.91 Å². The molecule has 40 heavy (non-hydrogen) atoms. The lowest BCUT2D eigenvalue weighted by atomic mass is 10.1. The maximum Gasteiger partial charge on any atom is 0.272 e. The van der Waals surface area contributed by atoms with Gasteiger partial charge in [0.15, 0.2) is 0 Å². The molecule has 0 aliphatic carbocycles. The molecule has 0 saturated heterocycles. The van der Waals surface area contributed by atoms with Crippen LogP contribution >= 0.6 is 35.0 Å². The quantitative estimate of drug-likeness (QED) is 0.141. The highest BCUT2D eigenvalue weighted by Gasteiger charge is 2.15. The Balaban J connectivity index is 1.44. The first-order valence-corrected chi connectivity index (χ1v) is 13.6. The van der Waals surface area contributed by atoms with Gasteiger partial charge in [0.05, 0.1) is 10.8 Å². The number of hydrogen-bond donors (Lipinski definition) is 3. The molecule has 0 aliphatic heterocycles. The highest BCUT2D eigenvalue weighted by Crippen LogP contribution is 2.24. The summed E-state index contributed by atoms with van der Waals surface area (Å²) in [7, 11) is 0. The number of amides is 3. The highest BCUT2D eigenvalue weighted by atomic mass is 35.5. The SMILES string of the molecule is O=C(CSc1cccc(NC(=O)/C(=C/c2ccc(Cl)cc2)NC(=O)c2ccccc2)c1)Nc1ccc(F)c(Cl)c1. The van der Waals surface area contributed by atoms with Crippen molar-refractivity contribution in [1.29, 1.82) is 0 Å². The van der Waals surface area contributed by atoms with E-state index in [1.807, 2.05) is 0 Å². The summed E-state index contributed by atoms with van der Waals surface area (Å²) >= 11 is 13.0. The maximum atomic E-state index is 13.3. The van der Waals surface area contributed by atoms with E-state index >= 15 is 0 Å². The number of nitrogens with one attached hydrogen (secondary N) is 3. The Hall–Kier alpha value is -4.11. The second kappa shape index (κ2) is 13.8. The van der Waals surface area contributed by atoms with Crippen LogP contribution in [0.25, 0.3) is 6.08 Å². The molecule has 202 valence electrons. The Bertz CT molecular complexity index is 1560. The molecule has 0 fully saturated rings. The number of anilines is 2. The van der Waals surface area contributed by atoms with Crippen LogP contribution in [0.3, 0.4) is 0 Å². The fourth-order valence-corrected chi connectivity index (χ4v) is 4.51. The van der Waals surface area contributed by atoms with Gasteiger partial charge in [-0.1, -0.05) is 59.6 Å². The van der Waals surface area contributed by atoms with E-state index < -0.39 is 17.6 Å². The number of rotatable bonds is 9.